The average molecular weight is 317 g/mol. The van der Waals surface area contributed by atoms with Gasteiger partial charge in [-0.05, 0) is 25.1 Å². The number of carbonyl (C=O) groups is 1. The Bertz CT molecular complexity index is 449. The van der Waals surface area contributed by atoms with Gasteiger partial charge in [-0.1, -0.05) is 15.9 Å². The molecule has 0 unspecified atom stereocenters. The second-order valence-electron chi connectivity index (χ2n) is 4.40. The first kappa shape index (κ1) is 13.1. The summed E-state index contributed by atoms with van der Waals surface area (Å²) in [5.74, 6) is -0.299. The lowest BCUT2D eigenvalue weighted by Gasteiger charge is -2.40. The molecule has 1 amide bonds. The highest BCUT2D eigenvalue weighted by atomic mass is 79.9. The number of rotatable bonds is 1. The largest absolute Gasteiger partial charge is 0.465 e. The van der Waals surface area contributed by atoms with Gasteiger partial charge >= 0.3 is 6.09 Å². The summed E-state index contributed by atoms with van der Waals surface area (Å²) in [6.45, 7) is 3.38. The first-order chi connectivity index (χ1) is 8.47. The fourth-order valence-electron chi connectivity index (χ4n) is 2.22. The van der Waals surface area contributed by atoms with E-state index in [9.17, 15) is 9.18 Å². The van der Waals surface area contributed by atoms with Gasteiger partial charge in [0.2, 0.25) is 0 Å². The van der Waals surface area contributed by atoms with Crippen molar-refractivity contribution in [2.45, 2.75) is 13.0 Å². The monoisotopic (exact) mass is 316 g/mol. The maximum absolute atomic E-state index is 13.4. The van der Waals surface area contributed by atoms with E-state index in [1.165, 1.54) is 17.0 Å². The highest BCUT2D eigenvalue weighted by Crippen LogP contribution is 2.25. The minimum Gasteiger partial charge on any atom is -0.465 e. The van der Waals surface area contributed by atoms with Gasteiger partial charge in [-0.3, -0.25) is 0 Å². The van der Waals surface area contributed by atoms with Crippen molar-refractivity contribution in [1.29, 1.82) is 0 Å². The number of anilines is 1. The van der Waals surface area contributed by atoms with Gasteiger partial charge in [0, 0.05) is 35.8 Å². The Morgan fingerprint density at radius 3 is 2.72 bits per heavy atom. The maximum Gasteiger partial charge on any atom is 0.407 e. The summed E-state index contributed by atoms with van der Waals surface area (Å²) >= 11 is 3.26. The summed E-state index contributed by atoms with van der Waals surface area (Å²) in [6, 6.07) is 4.75. The van der Waals surface area contributed by atoms with Crippen LogP contribution in [0.25, 0.3) is 0 Å². The van der Waals surface area contributed by atoms with E-state index in [2.05, 4.69) is 15.9 Å². The molecule has 6 heteroatoms. The number of piperazine rings is 1. The molecule has 0 aromatic heterocycles. The van der Waals surface area contributed by atoms with E-state index in [4.69, 9.17) is 5.11 Å². The van der Waals surface area contributed by atoms with Gasteiger partial charge in [-0.2, -0.15) is 0 Å². The van der Waals surface area contributed by atoms with Crippen LogP contribution in [0.5, 0.6) is 0 Å². The molecule has 18 heavy (non-hydrogen) atoms. The van der Waals surface area contributed by atoms with Crippen LogP contribution in [0, 0.1) is 5.82 Å². The fourth-order valence-corrected chi connectivity index (χ4v) is 2.67. The van der Waals surface area contributed by atoms with Crippen LogP contribution in [0.15, 0.2) is 22.7 Å². The third-order valence-corrected chi connectivity index (χ3v) is 3.53. The van der Waals surface area contributed by atoms with Gasteiger partial charge in [-0.15, -0.1) is 0 Å². The molecule has 1 aliphatic rings. The predicted octanol–water partition coefficient (Wildman–Crippen LogP) is 2.78. The van der Waals surface area contributed by atoms with E-state index >= 15 is 0 Å². The maximum atomic E-state index is 13.4. The molecule has 2 rings (SSSR count). The average Bonchev–Trinajstić information content (AvgIpc) is 2.27. The molecule has 0 saturated carbocycles. The number of hydrogen-bond donors (Lipinski definition) is 1. The minimum absolute atomic E-state index is 0.0311. The highest BCUT2D eigenvalue weighted by molar-refractivity contribution is 9.10. The summed E-state index contributed by atoms with van der Waals surface area (Å²) < 4.78 is 14.0. The molecule has 0 aliphatic carbocycles. The van der Waals surface area contributed by atoms with Crippen molar-refractivity contribution in [3.63, 3.8) is 0 Å². The van der Waals surface area contributed by atoms with Crippen molar-refractivity contribution in [1.82, 2.24) is 4.90 Å². The first-order valence-corrected chi connectivity index (χ1v) is 6.47. The zero-order valence-electron chi connectivity index (χ0n) is 9.94. The van der Waals surface area contributed by atoms with Crippen molar-refractivity contribution in [2.24, 2.45) is 0 Å². The van der Waals surface area contributed by atoms with Crippen molar-refractivity contribution in [2.75, 3.05) is 24.5 Å². The fraction of sp³-hybridized carbons (Fsp3) is 0.417. The third kappa shape index (κ3) is 2.75. The second-order valence-corrected chi connectivity index (χ2v) is 5.31. The number of halogens is 2. The Morgan fingerprint density at radius 1 is 1.44 bits per heavy atom. The molecular weight excluding hydrogens is 303 g/mol. The summed E-state index contributed by atoms with van der Waals surface area (Å²) in [6.07, 6.45) is -0.901. The summed E-state index contributed by atoms with van der Waals surface area (Å²) in [4.78, 5) is 14.3. The molecule has 1 aromatic rings. The molecule has 1 atom stereocenters. The van der Waals surface area contributed by atoms with Crippen molar-refractivity contribution < 1.29 is 14.3 Å². The van der Waals surface area contributed by atoms with Crippen LogP contribution in [-0.4, -0.2) is 41.8 Å². The molecule has 0 bridgehead atoms. The molecule has 1 fully saturated rings. The molecule has 4 nitrogen and oxygen atoms in total. The van der Waals surface area contributed by atoms with Crippen LogP contribution in [0.4, 0.5) is 14.9 Å². The molecule has 0 spiro atoms. The van der Waals surface area contributed by atoms with Gasteiger partial charge < -0.3 is 14.9 Å². The number of hydrogen-bond acceptors (Lipinski definition) is 2. The number of carboxylic acid groups (broad SMARTS) is 1. The SMILES string of the molecule is C[C@H]1CN(C(=O)O)CCN1c1cc(F)cc(Br)c1. The topological polar surface area (TPSA) is 43.8 Å². The Balaban J connectivity index is 2.17. The molecule has 1 saturated heterocycles. The second kappa shape index (κ2) is 5.14. The Kier molecular flexibility index (Phi) is 3.75. The number of benzene rings is 1. The summed E-state index contributed by atoms with van der Waals surface area (Å²) in [5.41, 5.74) is 0.777. The smallest absolute Gasteiger partial charge is 0.407 e. The molecule has 0 radical (unpaired) electrons. The first-order valence-electron chi connectivity index (χ1n) is 5.68. The predicted molar refractivity (Wildman–Crippen MR) is 70.5 cm³/mol. The van der Waals surface area contributed by atoms with Crippen molar-refractivity contribution in [3.8, 4) is 0 Å². The van der Waals surface area contributed by atoms with Gasteiger partial charge in [0.1, 0.15) is 5.82 Å². The number of amides is 1. The van der Waals surface area contributed by atoms with E-state index in [1.54, 1.807) is 0 Å². The zero-order valence-corrected chi connectivity index (χ0v) is 11.5. The Hall–Kier alpha value is -1.30. The van der Waals surface area contributed by atoms with Crippen LogP contribution < -0.4 is 4.90 Å². The Morgan fingerprint density at radius 2 is 2.17 bits per heavy atom. The minimum atomic E-state index is -0.901. The standard InChI is InChI=1S/C12H14BrFN2O2/c1-8-7-15(12(17)18)2-3-16(8)11-5-9(13)4-10(14)6-11/h4-6,8H,2-3,7H2,1H3,(H,17,18)/t8-/m0/s1. The van der Waals surface area contributed by atoms with Crippen molar-refractivity contribution >= 4 is 27.7 Å². The molecule has 1 heterocycles. The van der Waals surface area contributed by atoms with E-state index in [0.717, 1.165) is 5.69 Å². The highest BCUT2D eigenvalue weighted by Gasteiger charge is 2.26. The summed E-state index contributed by atoms with van der Waals surface area (Å²) in [5, 5.41) is 8.94. The lowest BCUT2D eigenvalue weighted by atomic mass is 10.1. The molecular formula is C12H14BrFN2O2. The lowest BCUT2D eigenvalue weighted by Crippen LogP contribution is -2.53. The van der Waals surface area contributed by atoms with E-state index in [-0.39, 0.29) is 11.9 Å². The van der Waals surface area contributed by atoms with Gasteiger partial charge in [-0.25, -0.2) is 9.18 Å². The van der Waals surface area contributed by atoms with Gasteiger partial charge in [0.15, 0.2) is 0 Å². The van der Waals surface area contributed by atoms with E-state index in [0.29, 0.717) is 24.1 Å². The lowest BCUT2D eigenvalue weighted by molar-refractivity contribution is 0.136. The quantitative estimate of drug-likeness (QED) is 0.866. The van der Waals surface area contributed by atoms with Crippen LogP contribution in [0.3, 0.4) is 0 Å². The van der Waals surface area contributed by atoms with Gasteiger partial charge in [0.25, 0.3) is 0 Å². The normalized spacial score (nSPS) is 20.1. The Labute approximate surface area is 113 Å². The zero-order chi connectivity index (χ0) is 13.3. The van der Waals surface area contributed by atoms with E-state index < -0.39 is 6.09 Å². The van der Waals surface area contributed by atoms with Crippen LogP contribution in [0.1, 0.15) is 6.92 Å². The molecule has 1 N–H and O–H groups in total. The molecule has 1 aromatic carbocycles. The van der Waals surface area contributed by atoms with E-state index in [1.807, 2.05) is 17.9 Å². The van der Waals surface area contributed by atoms with Crippen LogP contribution >= 0.6 is 15.9 Å². The number of nitrogens with zero attached hydrogens (tertiary/aromatic N) is 2. The molecule has 1 aliphatic heterocycles. The van der Waals surface area contributed by atoms with Crippen molar-refractivity contribution in [3.05, 3.63) is 28.5 Å². The van der Waals surface area contributed by atoms with Crippen LogP contribution in [-0.2, 0) is 0 Å². The van der Waals surface area contributed by atoms with Gasteiger partial charge in [0.05, 0.1) is 0 Å². The molecule has 98 valence electrons. The summed E-state index contributed by atoms with van der Waals surface area (Å²) in [7, 11) is 0. The third-order valence-electron chi connectivity index (χ3n) is 3.08. The van der Waals surface area contributed by atoms with Crippen LogP contribution in [0.2, 0.25) is 0 Å².